The zero-order valence-corrected chi connectivity index (χ0v) is 8.50. The topological polar surface area (TPSA) is 59.5 Å². The molecular formula is C10H13N3O2. The fourth-order valence-corrected chi connectivity index (χ4v) is 1.42. The van der Waals surface area contributed by atoms with Gasteiger partial charge in [-0.2, -0.15) is 0 Å². The monoisotopic (exact) mass is 207 g/mol. The largest absolute Gasteiger partial charge is 0.393 e. The smallest absolute Gasteiger partial charge is 0.350 e. The number of aryl methyl sites for hydroxylation is 1. The molecule has 0 radical (unpaired) electrons. The van der Waals surface area contributed by atoms with Crippen LogP contribution < -0.4 is 5.69 Å². The van der Waals surface area contributed by atoms with E-state index in [0.29, 0.717) is 18.6 Å². The summed E-state index contributed by atoms with van der Waals surface area (Å²) < 4.78 is 2.87. The van der Waals surface area contributed by atoms with Crippen molar-refractivity contribution in [3.05, 3.63) is 34.9 Å². The Labute approximate surface area is 86.6 Å². The number of rotatable bonds is 3. The molecule has 2 heterocycles. The summed E-state index contributed by atoms with van der Waals surface area (Å²) in [5.74, 6) is 0. The van der Waals surface area contributed by atoms with Crippen LogP contribution in [0.1, 0.15) is 13.3 Å². The molecule has 0 amide bonds. The maximum Gasteiger partial charge on any atom is 0.350 e. The number of pyridine rings is 1. The van der Waals surface area contributed by atoms with Gasteiger partial charge in [-0.3, -0.25) is 4.40 Å². The van der Waals surface area contributed by atoms with Crippen LogP contribution in [-0.4, -0.2) is 25.4 Å². The second kappa shape index (κ2) is 3.86. The molecule has 0 spiro atoms. The van der Waals surface area contributed by atoms with E-state index < -0.39 is 6.10 Å². The van der Waals surface area contributed by atoms with Crippen LogP contribution in [0.25, 0.3) is 5.65 Å². The summed E-state index contributed by atoms with van der Waals surface area (Å²) in [7, 11) is 0. The molecule has 2 aromatic heterocycles. The number of fused-ring (bicyclic) bond motifs is 1. The summed E-state index contributed by atoms with van der Waals surface area (Å²) in [4.78, 5) is 11.7. The van der Waals surface area contributed by atoms with E-state index in [2.05, 4.69) is 5.10 Å². The first-order valence-electron chi connectivity index (χ1n) is 4.91. The van der Waals surface area contributed by atoms with Gasteiger partial charge in [0.25, 0.3) is 0 Å². The van der Waals surface area contributed by atoms with Crippen molar-refractivity contribution >= 4 is 5.65 Å². The van der Waals surface area contributed by atoms with Crippen LogP contribution in [0.15, 0.2) is 29.2 Å². The van der Waals surface area contributed by atoms with Crippen molar-refractivity contribution in [3.63, 3.8) is 0 Å². The lowest BCUT2D eigenvalue weighted by atomic mass is 10.3. The fraction of sp³-hybridized carbons (Fsp3) is 0.400. The molecule has 1 atom stereocenters. The van der Waals surface area contributed by atoms with Gasteiger partial charge in [-0.05, 0) is 25.5 Å². The number of aliphatic hydroxyl groups is 1. The van der Waals surface area contributed by atoms with E-state index in [1.54, 1.807) is 25.3 Å². The lowest BCUT2D eigenvalue weighted by Crippen LogP contribution is -2.22. The zero-order valence-electron chi connectivity index (χ0n) is 8.50. The van der Waals surface area contributed by atoms with Gasteiger partial charge in [0.1, 0.15) is 0 Å². The van der Waals surface area contributed by atoms with Crippen LogP contribution in [0.2, 0.25) is 0 Å². The van der Waals surface area contributed by atoms with Gasteiger partial charge in [-0.15, -0.1) is 5.10 Å². The van der Waals surface area contributed by atoms with Gasteiger partial charge in [-0.25, -0.2) is 9.48 Å². The summed E-state index contributed by atoms with van der Waals surface area (Å²) in [6, 6.07) is 5.40. The summed E-state index contributed by atoms with van der Waals surface area (Å²) >= 11 is 0. The molecule has 0 bridgehead atoms. The summed E-state index contributed by atoms with van der Waals surface area (Å²) in [6.45, 7) is 2.14. The normalized spacial score (nSPS) is 13.2. The number of nitrogens with zero attached hydrogens (tertiary/aromatic N) is 3. The molecule has 80 valence electrons. The highest BCUT2D eigenvalue weighted by Gasteiger charge is 2.06. The Morgan fingerprint density at radius 2 is 2.33 bits per heavy atom. The quantitative estimate of drug-likeness (QED) is 0.785. The standard InChI is InChI=1S/C10H13N3O2/c1-8(14)5-7-13-10(15)12-6-3-2-4-9(12)11-13/h2-4,6,8,14H,5,7H2,1H3. The number of aromatic nitrogens is 3. The summed E-state index contributed by atoms with van der Waals surface area (Å²) in [6.07, 6.45) is 1.80. The molecule has 2 rings (SSSR count). The maximum atomic E-state index is 11.7. The third kappa shape index (κ3) is 1.92. The summed E-state index contributed by atoms with van der Waals surface area (Å²) in [5, 5.41) is 13.3. The Morgan fingerprint density at radius 1 is 1.53 bits per heavy atom. The fourth-order valence-electron chi connectivity index (χ4n) is 1.42. The predicted molar refractivity (Wildman–Crippen MR) is 55.7 cm³/mol. The molecule has 0 aromatic carbocycles. The molecule has 0 aliphatic rings. The summed E-state index contributed by atoms with van der Waals surface area (Å²) in [5.41, 5.74) is 0.472. The van der Waals surface area contributed by atoms with Crippen LogP contribution >= 0.6 is 0 Å². The second-order valence-corrected chi connectivity index (χ2v) is 3.57. The van der Waals surface area contributed by atoms with E-state index in [4.69, 9.17) is 5.11 Å². The minimum atomic E-state index is -0.415. The first-order valence-corrected chi connectivity index (χ1v) is 4.91. The lowest BCUT2D eigenvalue weighted by molar-refractivity contribution is 0.175. The third-order valence-electron chi connectivity index (χ3n) is 2.25. The van der Waals surface area contributed by atoms with Crippen molar-refractivity contribution in [2.24, 2.45) is 0 Å². The lowest BCUT2D eigenvalue weighted by Gasteiger charge is -2.01. The van der Waals surface area contributed by atoms with Crippen LogP contribution in [-0.2, 0) is 6.54 Å². The highest BCUT2D eigenvalue weighted by atomic mass is 16.3. The van der Waals surface area contributed by atoms with Crippen molar-refractivity contribution in [2.45, 2.75) is 26.0 Å². The molecule has 15 heavy (non-hydrogen) atoms. The van der Waals surface area contributed by atoms with Crippen molar-refractivity contribution < 1.29 is 5.11 Å². The highest BCUT2D eigenvalue weighted by Crippen LogP contribution is 1.97. The molecule has 2 aromatic rings. The Hall–Kier alpha value is -1.62. The second-order valence-electron chi connectivity index (χ2n) is 3.57. The van der Waals surface area contributed by atoms with Gasteiger partial charge < -0.3 is 5.11 Å². The Morgan fingerprint density at radius 3 is 3.00 bits per heavy atom. The predicted octanol–water partition coefficient (Wildman–Crippen LogP) is 0.267. The van der Waals surface area contributed by atoms with E-state index in [9.17, 15) is 4.79 Å². The van der Waals surface area contributed by atoms with Gasteiger partial charge in [0, 0.05) is 12.7 Å². The molecule has 0 saturated heterocycles. The van der Waals surface area contributed by atoms with Crippen LogP contribution in [0, 0.1) is 0 Å². The van der Waals surface area contributed by atoms with E-state index in [-0.39, 0.29) is 5.69 Å². The van der Waals surface area contributed by atoms with Gasteiger partial charge >= 0.3 is 5.69 Å². The zero-order chi connectivity index (χ0) is 10.8. The van der Waals surface area contributed by atoms with E-state index >= 15 is 0 Å². The molecule has 0 aliphatic carbocycles. The van der Waals surface area contributed by atoms with Gasteiger partial charge in [0.2, 0.25) is 0 Å². The van der Waals surface area contributed by atoms with Crippen LogP contribution in [0.5, 0.6) is 0 Å². The molecule has 5 nitrogen and oxygen atoms in total. The molecule has 1 unspecified atom stereocenters. The SMILES string of the molecule is CC(O)CCn1nc2ccccn2c1=O. The molecule has 0 saturated carbocycles. The van der Waals surface area contributed by atoms with Gasteiger partial charge in [0.15, 0.2) is 5.65 Å². The van der Waals surface area contributed by atoms with Crippen molar-refractivity contribution in [2.75, 3.05) is 0 Å². The van der Waals surface area contributed by atoms with Crippen LogP contribution in [0.3, 0.4) is 0 Å². The Bertz CT molecular complexity index is 513. The maximum absolute atomic E-state index is 11.7. The Kier molecular flexibility index (Phi) is 2.55. The first-order chi connectivity index (χ1) is 7.18. The van der Waals surface area contributed by atoms with Crippen molar-refractivity contribution in [1.82, 2.24) is 14.2 Å². The van der Waals surface area contributed by atoms with Gasteiger partial charge in [-0.1, -0.05) is 6.07 Å². The molecular weight excluding hydrogens is 194 g/mol. The number of aliphatic hydroxyl groups excluding tert-OH is 1. The molecule has 0 fully saturated rings. The molecule has 5 heteroatoms. The molecule has 0 aliphatic heterocycles. The van der Waals surface area contributed by atoms with E-state index in [0.717, 1.165) is 0 Å². The highest BCUT2D eigenvalue weighted by molar-refractivity contribution is 5.35. The van der Waals surface area contributed by atoms with Crippen molar-refractivity contribution in [1.29, 1.82) is 0 Å². The average molecular weight is 207 g/mol. The molecule has 1 N–H and O–H groups in total. The minimum Gasteiger partial charge on any atom is -0.393 e. The van der Waals surface area contributed by atoms with E-state index in [1.165, 1.54) is 9.08 Å². The van der Waals surface area contributed by atoms with E-state index in [1.807, 2.05) is 6.07 Å². The van der Waals surface area contributed by atoms with Gasteiger partial charge in [0.05, 0.1) is 6.10 Å². The van der Waals surface area contributed by atoms with Crippen molar-refractivity contribution in [3.8, 4) is 0 Å². The Balaban J connectivity index is 2.36. The third-order valence-corrected chi connectivity index (χ3v) is 2.25. The average Bonchev–Trinajstić information content (AvgIpc) is 2.54. The number of hydrogen-bond acceptors (Lipinski definition) is 3. The van der Waals surface area contributed by atoms with Crippen LogP contribution in [0.4, 0.5) is 0 Å². The first kappa shape index (κ1) is 9.92. The number of hydrogen-bond donors (Lipinski definition) is 1. The minimum absolute atomic E-state index is 0.161.